The summed E-state index contributed by atoms with van der Waals surface area (Å²) in [5, 5.41) is 3.04. The lowest BCUT2D eigenvalue weighted by Crippen LogP contribution is -2.34. The van der Waals surface area contributed by atoms with Gasteiger partial charge >= 0.3 is 6.18 Å². The van der Waals surface area contributed by atoms with E-state index in [-0.39, 0.29) is 11.8 Å². The minimum Gasteiger partial charge on any atom is -0.241 e. The van der Waals surface area contributed by atoms with Crippen molar-refractivity contribution in [1.29, 1.82) is 0 Å². The summed E-state index contributed by atoms with van der Waals surface area (Å²) in [5.41, 5.74) is 5.81. The van der Waals surface area contributed by atoms with Crippen molar-refractivity contribution >= 4 is 32.3 Å². The van der Waals surface area contributed by atoms with Crippen molar-refractivity contribution < 1.29 is 17.7 Å². The number of fused-ring (bicyclic) bond motifs is 2. The molecule has 0 radical (unpaired) electrons. The zero-order valence-electron chi connectivity index (χ0n) is 23.5. The molecule has 202 valence electrons. The lowest BCUT2D eigenvalue weighted by Gasteiger charge is -2.26. The van der Waals surface area contributed by atoms with Gasteiger partial charge in [-0.1, -0.05) is 65.0 Å². The molecule has 3 aromatic carbocycles. The summed E-state index contributed by atoms with van der Waals surface area (Å²) in [4.78, 5) is 4.51. The first kappa shape index (κ1) is 27.3. The number of thiazole rings is 1. The molecule has 5 aromatic rings. The van der Waals surface area contributed by atoms with Crippen molar-refractivity contribution in [2.75, 3.05) is 0 Å². The normalized spacial score (nSPS) is 13.0. The summed E-state index contributed by atoms with van der Waals surface area (Å²) >= 11 is 1.35. The minimum atomic E-state index is -4.28. The van der Waals surface area contributed by atoms with Gasteiger partial charge in [0.15, 0.2) is 6.20 Å². The van der Waals surface area contributed by atoms with Crippen LogP contribution in [0.5, 0.6) is 0 Å². The zero-order chi connectivity index (χ0) is 28.3. The maximum atomic E-state index is 13.5. The summed E-state index contributed by atoms with van der Waals surface area (Å²) < 4.78 is 43.4. The molecule has 0 saturated heterocycles. The van der Waals surface area contributed by atoms with E-state index >= 15 is 0 Å². The molecule has 0 bridgehead atoms. The summed E-state index contributed by atoms with van der Waals surface area (Å²) in [6.07, 6.45) is -2.34. The molecule has 0 fully saturated rings. The Morgan fingerprint density at radius 2 is 1.51 bits per heavy atom. The van der Waals surface area contributed by atoms with Crippen LogP contribution in [0, 0.1) is 12.3 Å². The van der Waals surface area contributed by atoms with Crippen LogP contribution in [0.15, 0.2) is 66.9 Å². The van der Waals surface area contributed by atoms with Crippen molar-refractivity contribution in [3.05, 3.63) is 83.0 Å². The highest BCUT2D eigenvalue weighted by Crippen LogP contribution is 2.42. The average molecular weight is 548 g/mol. The number of alkyl halides is 3. The van der Waals surface area contributed by atoms with Gasteiger partial charge in [-0.2, -0.15) is 13.2 Å². The molecule has 2 heterocycles. The Kier molecular flexibility index (Phi) is 6.61. The Balaban J connectivity index is 1.60. The van der Waals surface area contributed by atoms with Crippen LogP contribution in [0.1, 0.15) is 50.8 Å². The van der Waals surface area contributed by atoms with Crippen molar-refractivity contribution in [1.82, 2.24) is 4.98 Å². The number of aromatic nitrogens is 2. The van der Waals surface area contributed by atoms with Gasteiger partial charge in [-0.05, 0) is 63.6 Å². The standard InChI is InChI=1S/C33H34F3N2S/c1-20-23-10-8-9-11-24(23)26(31(2,3)4)18-25(20)28-16-22(14-15-38(28)7)21-12-13-27-29(17-21)39-30(37-27)19-32(5,6)33(34,35)36/h8-18H,19H2,1-7H3/q+1. The van der Waals surface area contributed by atoms with Gasteiger partial charge in [0, 0.05) is 24.1 Å². The van der Waals surface area contributed by atoms with Crippen LogP contribution in [0.4, 0.5) is 13.2 Å². The highest BCUT2D eigenvalue weighted by atomic mass is 32.1. The molecular formula is C33H34F3N2S+. The first-order valence-corrected chi connectivity index (χ1v) is 14.0. The van der Waals surface area contributed by atoms with Crippen LogP contribution in [0.3, 0.4) is 0 Å². The smallest absolute Gasteiger partial charge is 0.241 e. The second-order valence-corrected chi connectivity index (χ2v) is 13.3. The molecule has 0 N–H and O–H groups in total. The van der Waals surface area contributed by atoms with Crippen molar-refractivity contribution in [2.45, 2.75) is 59.6 Å². The number of hydrogen-bond donors (Lipinski definition) is 0. The van der Waals surface area contributed by atoms with Gasteiger partial charge in [-0.15, -0.1) is 11.3 Å². The van der Waals surface area contributed by atoms with E-state index in [1.165, 1.54) is 52.6 Å². The molecule has 39 heavy (non-hydrogen) atoms. The lowest BCUT2D eigenvalue weighted by molar-refractivity contribution is -0.660. The van der Waals surface area contributed by atoms with Gasteiger partial charge in [0.2, 0.25) is 5.69 Å². The maximum absolute atomic E-state index is 13.5. The molecule has 2 aromatic heterocycles. The fourth-order valence-electron chi connectivity index (χ4n) is 5.13. The van der Waals surface area contributed by atoms with Crippen LogP contribution >= 0.6 is 11.3 Å². The van der Waals surface area contributed by atoms with E-state index in [0.29, 0.717) is 5.01 Å². The Bertz CT molecular complexity index is 1700. The van der Waals surface area contributed by atoms with E-state index in [1.54, 1.807) is 0 Å². The van der Waals surface area contributed by atoms with E-state index in [1.807, 2.05) is 18.2 Å². The molecule has 2 nitrogen and oxygen atoms in total. The van der Waals surface area contributed by atoms with Crippen LogP contribution in [0.25, 0.3) is 43.4 Å². The third kappa shape index (κ3) is 5.07. The largest absolute Gasteiger partial charge is 0.394 e. The summed E-state index contributed by atoms with van der Waals surface area (Å²) in [5.74, 6) is 0. The fraction of sp³-hybridized carbons (Fsp3) is 0.333. The number of pyridine rings is 1. The molecule has 6 heteroatoms. The van der Waals surface area contributed by atoms with Crippen molar-refractivity contribution in [2.24, 2.45) is 12.5 Å². The Hall–Kier alpha value is -3.25. The maximum Gasteiger partial charge on any atom is 0.394 e. The molecule has 0 atom stereocenters. The van der Waals surface area contributed by atoms with Gasteiger partial charge in [-0.25, -0.2) is 9.55 Å². The van der Waals surface area contributed by atoms with Gasteiger partial charge in [-0.3, -0.25) is 0 Å². The number of nitrogens with zero attached hydrogens (tertiary/aromatic N) is 2. The zero-order valence-corrected chi connectivity index (χ0v) is 24.3. The van der Waals surface area contributed by atoms with E-state index < -0.39 is 11.6 Å². The fourth-order valence-corrected chi connectivity index (χ4v) is 6.36. The summed E-state index contributed by atoms with van der Waals surface area (Å²) in [7, 11) is 2.06. The Morgan fingerprint density at radius 3 is 2.18 bits per heavy atom. The third-order valence-corrected chi connectivity index (χ3v) is 8.69. The second kappa shape index (κ2) is 9.44. The van der Waals surface area contributed by atoms with Crippen LogP contribution in [-0.2, 0) is 18.9 Å². The molecule has 5 rings (SSSR count). The summed E-state index contributed by atoms with van der Waals surface area (Å²) in [6, 6.07) is 21.2. The molecule has 0 unspecified atom stereocenters. The molecule has 0 aliphatic heterocycles. The lowest BCUT2D eigenvalue weighted by atomic mass is 9.80. The molecular weight excluding hydrogens is 513 g/mol. The number of hydrogen-bond acceptors (Lipinski definition) is 2. The van der Waals surface area contributed by atoms with Crippen LogP contribution in [-0.4, -0.2) is 11.2 Å². The average Bonchev–Trinajstić information content (AvgIpc) is 3.24. The van der Waals surface area contributed by atoms with E-state index in [4.69, 9.17) is 0 Å². The van der Waals surface area contributed by atoms with E-state index in [0.717, 1.165) is 27.0 Å². The SMILES string of the molecule is Cc1c(-c2cc(-c3ccc4nc(CC(C)(C)C(F)(F)F)sc4c3)cc[n+]2C)cc(C(C)(C)C)c2ccccc12. The molecule has 0 spiro atoms. The Morgan fingerprint density at radius 1 is 0.846 bits per heavy atom. The van der Waals surface area contributed by atoms with Gasteiger partial charge < -0.3 is 0 Å². The van der Waals surface area contributed by atoms with Crippen molar-refractivity contribution in [3.8, 4) is 22.4 Å². The minimum absolute atomic E-state index is 0.0200. The van der Waals surface area contributed by atoms with Crippen LogP contribution in [0.2, 0.25) is 0 Å². The van der Waals surface area contributed by atoms with Gasteiger partial charge in [0.25, 0.3) is 0 Å². The number of aryl methyl sites for hydroxylation is 2. The highest BCUT2D eigenvalue weighted by molar-refractivity contribution is 7.18. The molecule has 0 aliphatic rings. The molecule has 0 saturated carbocycles. The van der Waals surface area contributed by atoms with Crippen molar-refractivity contribution in [3.63, 3.8) is 0 Å². The van der Waals surface area contributed by atoms with Gasteiger partial charge in [0.05, 0.1) is 20.6 Å². The third-order valence-electron chi connectivity index (χ3n) is 7.67. The summed E-state index contributed by atoms with van der Waals surface area (Å²) in [6.45, 7) is 11.4. The quantitative estimate of drug-likeness (QED) is 0.205. The predicted octanol–water partition coefficient (Wildman–Crippen LogP) is 9.34. The molecule has 0 aliphatic carbocycles. The number of halogens is 3. The monoisotopic (exact) mass is 547 g/mol. The Labute approximate surface area is 232 Å². The van der Waals surface area contributed by atoms with Crippen LogP contribution < -0.4 is 4.57 Å². The topological polar surface area (TPSA) is 16.8 Å². The van der Waals surface area contributed by atoms with Gasteiger partial charge in [0.1, 0.15) is 7.05 Å². The first-order valence-electron chi connectivity index (χ1n) is 13.2. The predicted molar refractivity (Wildman–Crippen MR) is 156 cm³/mol. The first-order chi connectivity index (χ1) is 18.2. The molecule has 0 amide bonds. The van der Waals surface area contributed by atoms with E-state index in [2.05, 4.69) is 93.0 Å². The van der Waals surface area contributed by atoms with E-state index in [9.17, 15) is 13.2 Å². The number of rotatable bonds is 4. The number of benzene rings is 3. The highest BCUT2D eigenvalue weighted by Gasteiger charge is 2.47. The second-order valence-electron chi connectivity index (χ2n) is 12.2.